The number of allylic oxidation sites excluding steroid dienone is 2. The molecule has 1 saturated heterocycles. The van der Waals surface area contributed by atoms with Gasteiger partial charge >= 0.3 is 0 Å². The van der Waals surface area contributed by atoms with Crippen molar-refractivity contribution >= 4 is 41.8 Å². The van der Waals surface area contributed by atoms with Crippen LogP contribution in [-0.4, -0.2) is 55.5 Å². The van der Waals surface area contributed by atoms with Crippen molar-refractivity contribution in [3.05, 3.63) is 42.0 Å². The van der Waals surface area contributed by atoms with Crippen LogP contribution in [0.25, 0.3) is 0 Å². The van der Waals surface area contributed by atoms with Crippen molar-refractivity contribution in [3.8, 4) is 5.75 Å². The Labute approximate surface area is 207 Å². The average Bonchev–Trinajstić information content (AvgIpc) is 3.43. The summed E-state index contributed by atoms with van der Waals surface area (Å²) in [6, 6.07) is 8.12. The number of guanidine groups is 1. The molecule has 4 atom stereocenters. The van der Waals surface area contributed by atoms with Gasteiger partial charge in [0.05, 0.1) is 17.9 Å². The number of fused-ring (bicyclic) bond motifs is 5. The minimum Gasteiger partial charge on any atom is -0.491 e. The normalized spacial score (nSPS) is 25.9. The van der Waals surface area contributed by atoms with Gasteiger partial charge in [-0.05, 0) is 56.2 Å². The Morgan fingerprint density at radius 3 is 2.22 bits per heavy atom. The second-order valence-electron chi connectivity index (χ2n) is 8.81. The first-order valence-electron chi connectivity index (χ1n) is 11.2. The Balaban J connectivity index is 0.00000289. The van der Waals surface area contributed by atoms with Crippen molar-refractivity contribution in [2.45, 2.75) is 32.8 Å². The van der Waals surface area contributed by atoms with Gasteiger partial charge in [0.2, 0.25) is 11.8 Å². The first-order valence-corrected chi connectivity index (χ1v) is 11.2. The first-order chi connectivity index (χ1) is 15.0. The van der Waals surface area contributed by atoms with E-state index in [1.54, 1.807) is 7.05 Å². The molecule has 4 unspecified atom stereocenters. The molecule has 2 fully saturated rings. The second kappa shape index (κ2) is 10.7. The molecule has 1 aromatic carbocycles. The van der Waals surface area contributed by atoms with Crippen molar-refractivity contribution in [1.29, 1.82) is 0 Å². The number of nitrogens with zero attached hydrogens (tertiary/aromatic N) is 2. The van der Waals surface area contributed by atoms with Crippen LogP contribution in [0.5, 0.6) is 5.75 Å². The Morgan fingerprint density at radius 1 is 1.06 bits per heavy atom. The highest BCUT2D eigenvalue weighted by Gasteiger charge is 2.58. The van der Waals surface area contributed by atoms with E-state index in [2.05, 4.69) is 39.9 Å². The maximum Gasteiger partial charge on any atom is 0.233 e. The highest BCUT2D eigenvalue weighted by Crippen LogP contribution is 2.52. The predicted molar refractivity (Wildman–Crippen MR) is 135 cm³/mol. The van der Waals surface area contributed by atoms with Crippen LogP contribution in [0.3, 0.4) is 0 Å². The number of carbonyl (C=O) groups excluding carboxylic acids is 2. The zero-order chi connectivity index (χ0) is 22.0. The van der Waals surface area contributed by atoms with E-state index in [4.69, 9.17) is 4.74 Å². The average molecular weight is 552 g/mol. The van der Waals surface area contributed by atoms with Crippen molar-refractivity contribution in [3.63, 3.8) is 0 Å². The third-order valence-corrected chi connectivity index (χ3v) is 6.41. The van der Waals surface area contributed by atoms with E-state index in [1.165, 1.54) is 10.5 Å². The Bertz CT molecular complexity index is 854. The maximum absolute atomic E-state index is 12.7. The molecule has 2 bridgehead atoms. The van der Waals surface area contributed by atoms with Gasteiger partial charge in [-0.25, -0.2) is 0 Å². The van der Waals surface area contributed by atoms with E-state index in [1.807, 2.05) is 26.0 Å². The van der Waals surface area contributed by atoms with E-state index in [-0.39, 0.29) is 65.6 Å². The molecule has 4 rings (SSSR count). The van der Waals surface area contributed by atoms with Crippen LogP contribution in [0.4, 0.5) is 0 Å². The molecule has 0 aromatic heterocycles. The fourth-order valence-corrected chi connectivity index (χ4v) is 5.02. The lowest BCUT2D eigenvalue weighted by Gasteiger charge is -2.18. The lowest BCUT2D eigenvalue weighted by molar-refractivity contribution is -0.140. The predicted octanol–water partition coefficient (Wildman–Crippen LogP) is 2.61. The fourth-order valence-electron chi connectivity index (χ4n) is 5.02. The van der Waals surface area contributed by atoms with Gasteiger partial charge in [0.15, 0.2) is 5.96 Å². The van der Waals surface area contributed by atoms with Crippen LogP contribution < -0.4 is 15.4 Å². The quantitative estimate of drug-likeness (QED) is 0.170. The molecule has 1 saturated carbocycles. The number of nitrogens with one attached hydrogen (secondary N) is 2. The monoisotopic (exact) mass is 552 g/mol. The number of aliphatic imine (C=N–C) groups is 1. The summed E-state index contributed by atoms with van der Waals surface area (Å²) < 4.78 is 5.67. The molecule has 174 valence electrons. The topological polar surface area (TPSA) is 83.0 Å². The number of hydrogen-bond acceptors (Lipinski definition) is 4. The number of amides is 2. The van der Waals surface area contributed by atoms with Crippen molar-refractivity contribution in [2.24, 2.45) is 28.7 Å². The molecule has 7 nitrogen and oxygen atoms in total. The lowest BCUT2D eigenvalue weighted by atomic mass is 9.85. The molecule has 1 aromatic rings. The summed E-state index contributed by atoms with van der Waals surface area (Å²) in [4.78, 5) is 31.1. The van der Waals surface area contributed by atoms with Gasteiger partial charge in [-0.1, -0.05) is 24.3 Å². The summed E-state index contributed by atoms with van der Waals surface area (Å²) in [5, 5.41) is 6.50. The molecule has 1 heterocycles. The van der Waals surface area contributed by atoms with E-state index < -0.39 is 0 Å². The van der Waals surface area contributed by atoms with Gasteiger partial charge < -0.3 is 15.4 Å². The minimum absolute atomic E-state index is 0. The van der Waals surface area contributed by atoms with Gasteiger partial charge in [-0.2, -0.15) is 0 Å². The van der Waals surface area contributed by atoms with E-state index in [0.29, 0.717) is 19.0 Å². The van der Waals surface area contributed by atoms with E-state index in [9.17, 15) is 9.59 Å². The molecule has 0 spiro atoms. The number of hydrogen-bond donors (Lipinski definition) is 2. The Hall–Kier alpha value is -2.10. The molecule has 2 amide bonds. The lowest BCUT2D eigenvalue weighted by Crippen LogP contribution is -2.44. The summed E-state index contributed by atoms with van der Waals surface area (Å²) in [5.74, 6) is 1.80. The molecule has 1 aliphatic heterocycles. The summed E-state index contributed by atoms with van der Waals surface area (Å²) >= 11 is 0. The Morgan fingerprint density at radius 2 is 1.66 bits per heavy atom. The van der Waals surface area contributed by atoms with Crippen molar-refractivity contribution in [1.82, 2.24) is 15.5 Å². The zero-order valence-corrected chi connectivity index (χ0v) is 21.2. The molecule has 8 heteroatoms. The molecular weight excluding hydrogens is 519 g/mol. The van der Waals surface area contributed by atoms with Crippen LogP contribution in [0.1, 0.15) is 25.8 Å². The summed E-state index contributed by atoms with van der Waals surface area (Å²) in [6.07, 6.45) is 6.22. The SMILES string of the molecule is CN=C(NCCc1ccc(OC(C)C)cc1)NCCN1C(=O)C2C3C=CC(C3)C2C1=O.I. The molecule has 2 aliphatic carbocycles. The molecular formula is C24H33IN4O3. The zero-order valence-electron chi connectivity index (χ0n) is 18.9. The highest BCUT2D eigenvalue weighted by atomic mass is 127. The number of likely N-dealkylation sites (tertiary alicyclic amines) is 1. The molecule has 32 heavy (non-hydrogen) atoms. The van der Waals surface area contributed by atoms with Crippen molar-refractivity contribution in [2.75, 3.05) is 26.7 Å². The van der Waals surface area contributed by atoms with E-state index >= 15 is 0 Å². The number of ether oxygens (including phenoxy) is 1. The third-order valence-electron chi connectivity index (χ3n) is 6.41. The van der Waals surface area contributed by atoms with Crippen LogP contribution in [0, 0.1) is 23.7 Å². The first kappa shape index (κ1) is 24.5. The van der Waals surface area contributed by atoms with Crippen LogP contribution in [-0.2, 0) is 16.0 Å². The molecule has 2 N–H and O–H groups in total. The van der Waals surface area contributed by atoms with Crippen LogP contribution in [0.15, 0.2) is 41.4 Å². The Kier molecular flexibility index (Phi) is 8.19. The largest absolute Gasteiger partial charge is 0.491 e. The summed E-state index contributed by atoms with van der Waals surface area (Å²) in [5.41, 5.74) is 1.21. The van der Waals surface area contributed by atoms with Crippen LogP contribution >= 0.6 is 24.0 Å². The maximum atomic E-state index is 12.7. The molecule has 0 radical (unpaired) electrons. The van der Waals surface area contributed by atoms with Gasteiger partial charge in [0, 0.05) is 26.7 Å². The van der Waals surface area contributed by atoms with Gasteiger partial charge in [-0.3, -0.25) is 19.5 Å². The van der Waals surface area contributed by atoms with Crippen LogP contribution in [0.2, 0.25) is 0 Å². The fraction of sp³-hybridized carbons (Fsp3) is 0.542. The second-order valence-corrected chi connectivity index (χ2v) is 8.81. The number of benzene rings is 1. The number of rotatable bonds is 8. The minimum atomic E-state index is -0.128. The van der Waals surface area contributed by atoms with Gasteiger partial charge in [0.25, 0.3) is 0 Å². The third kappa shape index (κ3) is 5.10. The van der Waals surface area contributed by atoms with Crippen molar-refractivity contribution < 1.29 is 14.3 Å². The highest BCUT2D eigenvalue weighted by molar-refractivity contribution is 14.0. The number of carbonyl (C=O) groups is 2. The standard InChI is InChI=1S/C24H32N4O3.HI/c1-15(2)31-19-8-4-16(5-9-19)10-11-26-24(25-3)27-12-13-28-22(29)20-17-6-7-18(14-17)21(20)23(28)30;/h4-9,15,17-18,20-21H,10-14H2,1-3H3,(H2,25,26,27);1H. The van der Waals surface area contributed by atoms with E-state index in [0.717, 1.165) is 25.1 Å². The number of halogens is 1. The van der Waals surface area contributed by atoms with Gasteiger partial charge in [0.1, 0.15) is 5.75 Å². The summed E-state index contributed by atoms with van der Waals surface area (Å²) in [6.45, 7) is 5.62. The van der Waals surface area contributed by atoms with Gasteiger partial charge in [-0.15, -0.1) is 24.0 Å². The smallest absolute Gasteiger partial charge is 0.233 e. The number of imide groups is 1. The molecule has 3 aliphatic rings. The summed E-state index contributed by atoms with van der Waals surface area (Å²) in [7, 11) is 1.72.